The Bertz CT molecular complexity index is 1250. The number of carbonyl (C=O) groups is 1. The summed E-state index contributed by atoms with van der Waals surface area (Å²) in [6.07, 6.45) is 3.13. The highest BCUT2D eigenvalue weighted by molar-refractivity contribution is 7.89. The minimum atomic E-state index is -3.75. The van der Waals surface area contributed by atoms with Crippen LogP contribution in [-0.4, -0.2) is 37.9 Å². The number of cyclic esters (lactones) is 1. The van der Waals surface area contributed by atoms with Crippen molar-refractivity contribution in [3.05, 3.63) is 83.1 Å². The van der Waals surface area contributed by atoms with E-state index in [9.17, 15) is 13.2 Å². The first-order chi connectivity index (χ1) is 16.4. The number of hydrogen-bond donors (Lipinski definition) is 2. The number of nitrogens with one attached hydrogen (secondary N) is 1. The van der Waals surface area contributed by atoms with E-state index in [1.807, 2.05) is 67.8 Å². The smallest absolute Gasteiger partial charge is 0.313 e. The lowest BCUT2D eigenvalue weighted by Gasteiger charge is -2.47. The van der Waals surface area contributed by atoms with E-state index in [1.165, 1.54) is 0 Å². The highest BCUT2D eigenvalue weighted by atomic mass is 32.2. The molecule has 2 aliphatic heterocycles. The predicted octanol–water partition coefficient (Wildman–Crippen LogP) is 2.74. The van der Waals surface area contributed by atoms with Crippen LogP contribution in [0.15, 0.2) is 82.4 Å². The van der Waals surface area contributed by atoms with Crippen LogP contribution in [0.5, 0.6) is 0 Å². The Morgan fingerprint density at radius 2 is 1.85 bits per heavy atom. The third-order valence-corrected chi connectivity index (χ3v) is 9.05. The van der Waals surface area contributed by atoms with Crippen LogP contribution in [-0.2, 0) is 19.6 Å². The fourth-order valence-electron chi connectivity index (χ4n) is 5.43. The molecule has 2 aromatic carbocycles. The molecule has 2 saturated heterocycles. The molecule has 0 aromatic heterocycles. The normalized spacial score (nSPS) is 26.2. The van der Waals surface area contributed by atoms with E-state index in [2.05, 4.69) is 5.43 Å². The van der Waals surface area contributed by atoms with E-state index < -0.39 is 10.0 Å². The molecule has 2 bridgehead atoms. The molecule has 0 unspecified atom stereocenters. The maximum atomic E-state index is 13.9. The number of fused-ring (bicyclic) bond motifs is 4. The van der Waals surface area contributed by atoms with Gasteiger partial charge in [0, 0.05) is 24.5 Å². The van der Waals surface area contributed by atoms with Crippen LogP contribution >= 0.6 is 0 Å². The van der Waals surface area contributed by atoms with Crippen molar-refractivity contribution in [2.45, 2.75) is 37.6 Å². The first-order valence-corrected chi connectivity index (χ1v) is 13.1. The molecule has 0 spiro atoms. The molecule has 3 N–H and O–H groups in total. The summed E-state index contributed by atoms with van der Waals surface area (Å²) < 4.78 is 34.8. The minimum absolute atomic E-state index is 0.0452. The molecule has 8 heteroatoms. The number of ether oxygens (including phenoxy) is 1. The van der Waals surface area contributed by atoms with Gasteiger partial charge in [-0.25, -0.2) is 19.3 Å². The molecule has 3 aliphatic rings. The molecule has 2 heterocycles. The number of hydrogen-bond acceptors (Lipinski definition) is 5. The topological polar surface area (TPSA) is 92.3 Å². The Balaban J connectivity index is 1.59. The Kier molecular flexibility index (Phi) is 6.06. The number of nitrogens with zero attached hydrogens (tertiary/aromatic N) is 1. The van der Waals surface area contributed by atoms with Gasteiger partial charge in [-0.1, -0.05) is 47.5 Å². The molecule has 7 nitrogen and oxygen atoms in total. The van der Waals surface area contributed by atoms with E-state index in [1.54, 1.807) is 16.4 Å². The maximum Gasteiger partial charge on any atom is 0.313 e. The fourth-order valence-corrected chi connectivity index (χ4v) is 7.04. The van der Waals surface area contributed by atoms with Crippen LogP contribution in [0.1, 0.15) is 25.3 Å². The average Bonchev–Trinajstić information content (AvgIpc) is 2.84. The quantitative estimate of drug-likeness (QED) is 0.297. The zero-order valence-electron chi connectivity index (χ0n) is 19.4. The number of nitrogens with two attached hydrogens (primary N) is 1. The lowest BCUT2D eigenvalue weighted by molar-refractivity contribution is -0.582. The number of para-hydroxylation sites is 1. The molecule has 1 aliphatic carbocycles. The second-order valence-electron chi connectivity index (χ2n) is 9.12. The zero-order valence-corrected chi connectivity index (χ0v) is 20.2. The van der Waals surface area contributed by atoms with Crippen molar-refractivity contribution in [3.8, 4) is 0 Å². The molecule has 0 saturated carbocycles. The molecule has 5 rings (SSSR count). The first kappa shape index (κ1) is 22.8. The van der Waals surface area contributed by atoms with Crippen molar-refractivity contribution in [1.29, 1.82) is 0 Å². The number of allylic oxidation sites excluding steroid dienone is 1. The maximum absolute atomic E-state index is 13.9. The van der Waals surface area contributed by atoms with E-state index in [0.717, 1.165) is 28.1 Å². The van der Waals surface area contributed by atoms with Gasteiger partial charge in [0.2, 0.25) is 10.0 Å². The molecule has 34 heavy (non-hydrogen) atoms. The summed E-state index contributed by atoms with van der Waals surface area (Å²) >= 11 is 0. The number of aryl methyl sites for hydroxylation is 1. The summed E-state index contributed by atoms with van der Waals surface area (Å²) in [4.78, 5) is 13.2. The number of piperidine rings is 1. The van der Waals surface area contributed by atoms with Crippen LogP contribution < -0.4 is 10.9 Å². The lowest BCUT2D eigenvalue weighted by atomic mass is 9.68. The van der Waals surface area contributed by atoms with Gasteiger partial charge in [-0.3, -0.25) is 4.79 Å². The minimum Gasteiger partial charge on any atom is -0.465 e. The number of carbonyl (C=O) groups excluding carboxylic acids is 1. The molecular weight excluding hydrogens is 450 g/mol. The van der Waals surface area contributed by atoms with Gasteiger partial charge in [0.15, 0.2) is 0 Å². The van der Waals surface area contributed by atoms with E-state index in [4.69, 9.17) is 4.74 Å². The SMILES string of the molecule is C/C=C1/CN(S(=O)(=O)c2ccc(C)cc2)[C@H]2C[C@@H]1[C@H]1C(=O)OCCC1=C2[NH2+]Nc1ccccc1. The highest BCUT2D eigenvalue weighted by Gasteiger charge is 2.53. The summed E-state index contributed by atoms with van der Waals surface area (Å²) in [6.45, 7) is 4.45. The van der Waals surface area contributed by atoms with Crippen molar-refractivity contribution in [1.82, 2.24) is 4.31 Å². The molecule has 0 radical (unpaired) electrons. The summed E-state index contributed by atoms with van der Waals surface area (Å²) in [5.41, 5.74) is 10.0. The van der Waals surface area contributed by atoms with Crippen molar-refractivity contribution in [2.75, 3.05) is 18.6 Å². The predicted molar refractivity (Wildman–Crippen MR) is 129 cm³/mol. The molecule has 2 fully saturated rings. The standard InChI is InChI=1S/C26H29N3O4S/c1-3-18-16-29(34(31,32)20-11-9-17(2)10-12-20)23-15-22(18)24-21(13-14-33-26(24)30)25(23)28-27-19-7-5-4-6-8-19/h3-12,22-24,27-28H,13-16H2,1-2H3/p+1/b18-3-/t22-,23-,24-/m0/s1. The number of sulfonamides is 1. The van der Waals surface area contributed by atoms with Gasteiger partial charge in [0.1, 0.15) is 11.7 Å². The summed E-state index contributed by atoms with van der Waals surface area (Å²) in [7, 11) is -3.75. The molecule has 2 aromatic rings. The van der Waals surface area contributed by atoms with Crippen LogP contribution in [0.2, 0.25) is 0 Å². The van der Waals surface area contributed by atoms with Crippen LogP contribution in [0.3, 0.4) is 0 Å². The third-order valence-electron chi connectivity index (χ3n) is 7.18. The third kappa shape index (κ3) is 3.96. The number of benzene rings is 2. The first-order valence-electron chi connectivity index (χ1n) is 11.7. The van der Waals surface area contributed by atoms with Crippen molar-refractivity contribution < 1.29 is 23.4 Å². The molecular formula is C26H30N3O4S+. The second-order valence-corrected chi connectivity index (χ2v) is 11.0. The van der Waals surface area contributed by atoms with E-state index >= 15 is 0 Å². The lowest BCUT2D eigenvalue weighted by Crippen LogP contribution is -2.90. The second kappa shape index (κ2) is 9.02. The Morgan fingerprint density at radius 1 is 1.12 bits per heavy atom. The van der Waals surface area contributed by atoms with Gasteiger partial charge in [0.05, 0.1) is 23.1 Å². The van der Waals surface area contributed by atoms with Gasteiger partial charge in [-0.15, -0.1) is 0 Å². The van der Waals surface area contributed by atoms with Crippen molar-refractivity contribution in [3.63, 3.8) is 0 Å². The molecule has 178 valence electrons. The van der Waals surface area contributed by atoms with Crippen LogP contribution in [0.25, 0.3) is 0 Å². The van der Waals surface area contributed by atoms with Gasteiger partial charge in [-0.05, 0) is 44.5 Å². The summed E-state index contributed by atoms with van der Waals surface area (Å²) in [5, 5.41) is 0. The Morgan fingerprint density at radius 3 is 2.56 bits per heavy atom. The number of anilines is 1. The Hall–Kier alpha value is -2.94. The number of rotatable bonds is 5. The van der Waals surface area contributed by atoms with Gasteiger partial charge < -0.3 is 4.74 Å². The summed E-state index contributed by atoms with van der Waals surface area (Å²) in [5.74, 6) is -0.607. The average molecular weight is 481 g/mol. The van der Waals surface area contributed by atoms with Crippen LogP contribution in [0.4, 0.5) is 5.69 Å². The molecule has 0 amide bonds. The van der Waals surface area contributed by atoms with Gasteiger partial charge >= 0.3 is 5.97 Å². The van der Waals surface area contributed by atoms with Crippen molar-refractivity contribution >= 4 is 21.7 Å². The zero-order chi connectivity index (χ0) is 23.9. The van der Waals surface area contributed by atoms with E-state index in [0.29, 0.717) is 19.4 Å². The number of esters is 1. The summed E-state index contributed by atoms with van der Waals surface area (Å²) in [6, 6.07) is 16.4. The van der Waals surface area contributed by atoms with Crippen molar-refractivity contribution in [2.24, 2.45) is 11.8 Å². The largest absolute Gasteiger partial charge is 0.465 e. The number of nitrogen functional groups attached to an aromatic ring is 1. The van der Waals surface area contributed by atoms with Gasteiger partial charge in [0.25, 0.3) is 0 Å². The van der Waals surface area contributed by atoms with Crippen LogP contribution in [0, 0.1) is 18.8 Å². The number of quaternary nitrogens is 1. The fraction of sp³-hybridized carbons (Fsp3) is 0.346. The Labute approximate surface area is 200 Å². The van der Waals surface area contributed by atoms with E-state index in [-0.39, 0.29) is 35.3 Å². The monoisotopic (exact) mass is 480 g/mol. The highest BCUT2D eigenvalue weighted by Crippen LogP contribution is 2.47. The molecule has 3 atom stereocenters. The van der Waals surface area contributed by atoms with Gasteiger partial charge in [-0.2, -0.15) is 4.31 Å².